The molecule has 2 rings (SSSR count). The third-order valence-corrected chi connectivity index (χ3v) is 2.40. The van der Waals surface area contributed by atoms with E-state index in [1.54, 1.807) is 42.9 Å². The molecule has 0 atom stereocenters. The predicted molar refractivity (Wildman–Crippen MR) is 67.7 cm³/mol. The number of rotatable bonds is 4. The van der Waals surface area contributed by atoms with Crippen LogP contribution in [0.3, 0.4) is 0 Å². The van der Waals surface area contributed by atoms with Crippen LogP contribution >= 0.6 is 0 Å². The summed E-state index contributed by atoms with van der Waals surface area (Å²) >= 11 is 0. The second-order valence-electron chi connectivity index (χ2n) is 4.19. The van der Waals surface area contributed by atoms with Gasteiger partial charge in [-0.1, -0.05) is 13.8 Å². The molecule has 0 N–H and O–H groups in total. The maximum absolute atomic E-state index is 11.9. The Morgan fingerprint density at radius 1 is 1.28 bits per heavy atom. The first-order valence-electron chi connectivity index (χ1n) is 5.75. The molecule has 4 nitrogen and oxygen atoms in total. The molecule has 0 aliphatic carbocycles. The Bertz CT molecular complexity index is 539. The molecule has 4 heteroatoms. The van der Waals surface area contributed by atoms with Crippen LogP contribution in [0.2, 0.25) is 0 Å². The van der Waals surface area contributed by atoms with Crippen molar-refractivity contribution in [1.29, 1.82) is 0 Å². The number of hydrogen-bond donors (Lipinski definition) is 0. The molecule has 0 aliphatic rings. The smallest absolute Gasteiger partial charge is 0.219 e. The van der Waals surface area contributed by atoms with Crippen LogP contribution in [0, 0.1) is 5.92 Å². The SMILES string of the molecule is CC(C)C(=O)c1ccnc(Oc2cccnc2)c1. The van der Waals surface area contributed by atoms with Gasteiger partial charge in [-0.25, -0.2) is 4.98 Å². The lowest BCUT2D eigenvalue weighted by Gasteiger charge is -2.07. The molecule has 0 spiro atoms. The summed E-state index contributed by atoms with van der Waals surface area (Å²) < 4.78 is 5.52. The molecule has 0 bridgehead atoms. The minimum Gasteiger partial charge on any atom is -0.437 e. The van der Waals surface area contributed by atoms with Crippen LogP contribution in [0.15, 0.2) is 42.9 Å². The zero-order valence-corrected chi connectivity index (χ0v) is 10.3. The van der Waals surface area contributed by atoms with Gasteiger partial charge in [0.15, 0.2) is 5.78 Å². The highest BCUT2D eigenvalue weighted by molar-refractivity contribution is 5.97. The van der Waals surface area contributed by atoms with Gasteiger partial charge in [-0.3, -0.25) is 9.78 Å². The van der Waals surface area contributed by atoms with Crippen LogP contribution in [0.5, 0.6) is 11.6 Å². The number of Topliss-reactive ketones (excluding diaryl/α,β-unsaturated/α-hetero) is 1. The molecule has 0 unspecified atom stereocenters. The van der Waals surface area contributed by atoms with Gasteiger partial charge < -0.3 is 4.74 Å². The molecule has 92 valence electrons. The van der Waals surface area contributed by atoms with E-state index in [4.69, 9.17) is 4.74 Å². The molecule has 2 aromatic heterocycles. The van der Waals surface area contributed by atoms with Gasteiger partial charge in [-0.05, 0) is 18.2 Å². The molecule has 0 fully saturated rings. The average molecular weight is 242 g/mol. The minimum atomic E-state index is -0.0429. The van der Waals surface area contributed by atoms with E-state index in [-0.39, 0.29) is 11.7 Å². The van der Waals surface area contributed by atoms with Crippen molar-refractivity contribution in [3.05, 3.63) is 48.4 Å². The molecule has 0 radical (unpaired) electrons. The van der Waals surface area contributed by atoms with E-state index in [0.717, 1.165) is 0 Å². The van der Waals surface area contributed by atoms with Crippen molar-refractivity contribution in [3.63, 3.8) is 0 Å². The second kappa shape index (κ2) is 5.40. The van der Waals surface area contributed by atoms with E-state index in [1.165, 1.54) is 0 Å². The first kappa shape index (κ1) is 12.2. The summed E-state index contributed by atoms with van der Waals surface area (Å²) in [5.41, 5.74) is 0.610. The first-order chi connectivity index (χ1) is 8.66. The van der Waals surface area contributed by atoms with Crippen LogP contribution in [0.1, 0.15) is 24.2 Å². The second-order valence-corrected chi connectivity index (χ2v) is 4.19. The van der Waals surface area contributed by atoms with Crippen LogP contribution in [-0.4, -0.2) is 15.8 Å². The minimum absolute atomic E-state index is 0.0429. The highest BCUT2D eigenvalue weighted by atomic mass is 16.5. The van der Waals surface area contributed by atoms with E-state index < -0.39 is 0 Å². The summed E-state index contributed by atoms with van der Waals surface area (Å²) in [5.74, 6) is 1.03. The van der Waals surface area contributed by atoms with Crippen molar-refractivity contribution in [2.24, 2.45) is 5.92 Å². The zero-order valence-electron chi connectivity index (χ0n) is 10.3. The lowest BCUT2D eigenvalue weighted by Crippen LogP contribution is -2.07. The average Bonchev–Trinajstić information content (AvgIpc) is 2.39. The Labute approximate surface area is 106 Å². The summed E-state index contributed by atoms with van der Waals surface area (Å²) in [6.07, 6.45) is 4.83. The van der Waals surface area contributed by atoms with Crippen molar-refractivity contribution in [2.45, 2.75) is 13.8 Å². The molecule has 0 aromatic carbocycles. The fourth-order valence-electron chi connectivity index (χ4n) is 1.48. The maximum Gasteiger partial charge on any atom is 0.219 e. The van der Waals surface area contributed by atoms with E-state index in [9.17, 15) is 4.79 Å². The topological polar surface area (TPSA) is 52.1 Å². The number of ether oxygens (including phenoxy) is 1. The maximum atomic E-state index is 11.9. The molecule has 2 heterocycles. The molecule has 0 saturated heterocycles. The summed E-state index contributed by atoms with van der Waals surface area (Å²) in [6, 6.07) is 6.90. The monoisotopic (exact) mass is 242 g/mol. The molecule has 0 amide bonds. The Morgan fingerprint density at radius 3 is 2.78 bits per heavy atom. The number of nitrogens with zero attached hydrogens (tertiary/aromatic N) is 2. The van der Waals surface area contributed by atoms with Crippen LogP contribution in [-0.2, 0) is 0 Å². The molecular weight excluding hydrogens is 228 g/mol. The highest BCUT2D eigenvalue weighted by Crippen LogP contribution is 2.19. The third kappa shape index (κ3) is 2.91. The number of pyridine rings is 2. The molecule has 2 aromatic rings. The summed E-state index contributed by atoms with van der Waals surface area (Å²) in [6.45, 7) is 3.73. The number of carbonyl (C=O) groups is 1. The van der Waals surface area contributed by atoms with Gasteiger partial charge >= 0.3 is 0 Å². The van der Waals surface area contributed by atoms with Crippen LogP contribution in [0.4, 0.5) is 0 Å². The Kier molecular flexibility index (Phi) is 3.67. The largest absolute Gasteiger partial charge is 0.437 e. The fraction of sp³-hybridized carbons (Fsp3) is 0.214. The normalized spacial score (nSPS) is 10.4. The van der Waals surface area contributed by atoms with Gasteiger partial charge in [0, 0.05) is 29.9 Å². The van der Waals surface area contributed by atoms with Crippen molar-refractivity contribution in [1.82, 2.24) is 9.97 Å². The summed E-state index contributed by atoms with van der Waals surface area (Å²) in [4.78, 5) is 19.9. The zero-order chi connectivity index (χ0) is 13.0. The molecule has 0 aliphatic heterocycles. The van der Waals surface area contributed by atoms with E-state index in [0.29, 0.717) is 17.2 Å². The van der Waals surface area contributed by atoms with Gasteiger partial charge in [0.2, 0.25) is 5.88 Å². The molecule has 0 saturated carbocycles. The summed E-state index contributed by atoms with van der Waals surface area (Å²) in [5, 5.41) is 0. The number of hydrogen-bond acceptors (Lipinski definition) is 4. The van der Waals surface area contributed by atoms with E-state index in [1.807, 2.05) is 13.8 Å². The highest BCUT2D eigenvalue weighted by Gasteiger charge is 2.11. The Morgan fingerprint density at radius 2 is 2.11 bits per heavy atom. The summed E-state index contributed by atoms with van der Waals surface area (Å²) in [7, 11) is 0. The lowest BCUT2D eigenvalue weighted by atomic mass is 10.0. The number of carbonyl (C=O) groups excluding carboxylic acids is 1. The lowest BCUT2D eigenvalue weighted by molar-refractivity contribution is 0.0939. The fourth-order valence-corrected chi connectivity index (χ4v) is 1.48. The van der Waals surface area contributed by atoms with Crippen molar-refractivity contribution >= 4 is 5.78 Å². The predicted octanol–water partition coefficient (Wildman–Crippen LogP) is 3.11. The van der Waals surface area contributed by atoms with Crippen LogP contribution < -0.4 is 4.74 Å². The van der Waals surface area contributed by atoms with Crippen molar-refractivity contribution in [3.8, 4) is 11.6 Å². The van der Waals surface area contributed by atoms with E-state index >= 15 is 0 Å². The molecular formula is C14H14N2O2. The Hall–Kier alpha value is -2.23. The van der Waals surface area contributed by atoms with E-state index in [2.05, 4.69) is 9.97 Å². The third-order valence-electron chi connectivity index (χ3n) is 2.40. The molecule has 18 heavy (non-hydrogen) atoms. The number of ketones is 1. The first-order valence-corrected chi connectivity index (χ1v) is 5.75. The standard InChI is InChI=1S/C14H14N2O2/c1-10(2)14(17)11-5-7-16-13(8-11)18-12-4-3-6-15-9-12/h3-10H,1-2H3. The van der Waals surface area contributed by atoms with Gasteiger partial charge in [-0.15, -0.1) is 0 Å². The van der Waals surface area contributed by atoms with Gasteiger partial charge in [-0.2, -0.15) is 0 Å². The van der Waals surface area contributed by atoms with Gasteiger partial charge in [0.1, 0.15) is 5.75 Å². The van der Waals surface area contributed by atoms with Gasteiger partial charge in [0.05, 0.1) is 6.20 Å². The van der Waals surface area contributed by atoms with Gasteiger partial charge in [0.25, 0.3) is 0 Å². The van der Waals surface area contributed by atoms with Crippen molar-refractivity contribution < 1.29 is 9.53 Å². The Balaban J connectivity index is 2.20. The quantitative estimate of drug-likeness (QED) is 0.773. The van der Waals surface area contributed by atoms with Crippen molar-refractivity contribution in [2.75, 3.05) is 0 Å². The number of aromatic nitrogens is 2. The van der Waals surface area contributed by atoms with Crippen LogP contribution in [0.25, 0.3) is 0 Å².